The van der Waals surface area contributed by atoms with Gasteiger partial charge < -0.3 is 10.1 Å². The Hall–Kier alpha value is -3.61. The molecule has 6 rings (SSSR count). The number of aromatic nitrogens is 4. The second-order valence-corrected chi connectivity index (χ2v) is 8.12. The van der Waals surface area contributed by atoms with Crippen LogP contribution < -0.4 is 0 Å². The Morgan fingerprint density at radius 1 is 1.00 bits per heavy atom. The standard InChI is InChI=1S/C24H16N4OS/c29-24(9-8-15-5-2-10-25-21(15)24)17-6-1-4-16(12-17)20-14-30-23(28-20)19-13-27-22-18(19)7-3-11-26-22/h1-14,29H,(H,26,27)/t24-/m0/s1. The summed E-state index contributed by atoms with van der Waals surface area (Å²) >= 11 is 1.60. The number of thiazole rings is 1. The summed E-state index contributed by atoms with van der Waals surface area (Å²) in [5.74, 6) is 0. The summed E-state index contributed by atoms with van der Waals surface area (Å²) in [5, 5.41) is 15.4. The minimum Gasteiger partial charge on any atom is -0.375 e. The number of fused-ring (bicyclic) bond motifs is 2. The van der Waals surface area contributed by atoms with Crippen LogP contribution in [0.25, 0.3) is 38.9 Å². The highest BCUT2D eigenvalue weighted by Gasteiger charge is 2.36. The molecule has 30 heavy (non-hydrogen) atoms. The summed E-state index contributed by atoms with van der Waals surface area (Å²) in [7, 11) is 0. The van der Waals surface area contributed by atoms with Crippen molar-refractivity contribution < 1.29 is 5.11 Å². The molecule has 5 aromatic rings. The number of hydrogen-bond acceptors (Lipinski definition) is 5. The first kappa shape index (κ1) is 17.3. The van der Waals surface area contributed by atoms with E-state index in [9.17, 15) is 5.11 Å². The quantitative estimate of drug-likeness (QED) is 0.440. The Bertz CT molecular complexity index is 1430. The predicted molar refractivity (Wildman–Crippen MR) is 119 cm³/mol. The minimum absolute atomic E-state index is 0.660. The van der Waals surface area contributed by atoms with E-state index in [1.54, 1.807) is 29.8 Å². The van der Waals surface area contributed by atoms with E-state index in [0.717, 1.165) is 44.0 Å². The van der Waals surface area contributed by atoms with Gasteiger partial charge >= 0.3 is 0 Å². The molecule has 0 fully saturated rings. The molecule has 0 aliphatic heterocycles. The summed E-state index contributed by atoms with van der Waals surface area (Å²) in [5.41, 5.74) is 4.88. The topological polar surface area (TPSA) is 74.7 Å². The number of hydrogen-bond donors (Lipinski definition) is 2. The molecule has 0 saturated carbocycles. The van der Waals surface area contributed by atoms with Gasteiger partial charge in [-0.25, -0.2) is 9.97 Å². The molecule has 0 amide bonds. The van der Waals surface area contributed by atoms with Crippen LogP contribution in [0.15, 0.2) is 78.6 Å². The average Bonchev–Trinajstić information content (AvgIpc) is 3.52. The smallest absolute Gasteiger partial charge is 0.151 e. The molecule has 0 unspecified atom stereocenters. The average molecular weight is 408 g/mol. The van der Waals surface area contributed by atoms with E-state index >= 15 is 0 Å². The van der Waals surface area contributed by atoms with E-state index in [1.165, 1.54) is 0 Å². The van der Waals surface area contributed by atoms with E-state index in [-0.39, 0.29) is 0 Å². The highest BCUT2D eigenvalue weighted by Crippen LogP contribution is 2.39. The maximum atomic E-state index is 11.4. The molecule has 0 bridgehead atoms. The van der Waals surface area contributed by atoms with Crippen molar-refractivity contribution in [2.75, 3.05) is 0 Å². The van der Waals surface area contributed by atoms with Crippen LogP contribution in [0.3, 0.4) is 0 Å². The number of rotatable bonds is 3. The van der Waals surface area contributed by atoms with Crippen molar-refractivity contribution in [2.45, 2.75) is 5.60 Å². The fourth-order valence-corrected chi connectivity index (χ4v) is 4.83. The Labute approximate surface area is 176 Å². The number of nitrogens with one attached hydrogen (secondary N) is 1. The number of aliphatic hydroxyl groups is 1. The van der Waals surface area contributed by atoms with Crippen LogP contribution in [0.5, 0.6) is 0 Å². The van der Waals surface area contributed by atoms with Crippen LogP contribution in [0, 0.1) is 0 Å². The first-order valence-electron chi connectivity index (χ1n) is 9.58. The van der Waals surface area contributed by atoms with Gasteiger partial charge in [0, 0.05) is 40.5 Å². The van der Waals surface area contributed by atoms with E-state index < -0.39 is 5.60 Å². The fraction of sp³-hybridized carbons (Fsp3) is 0.0417. The van der Waals surface area contributed by atoms with Crippen molar-refractivity contribution >= 4 is 28.4 Å². The van der Waals surface area contributed by atoms with Gasteiger partial charge in [-0.1, -0.05) is 30.3 Å². The lowest BCUT2D eigenvalue weighted by atomic mass is 9.90. The summed E-state index contributed by atoms with van der Waals surface area (Å²) in [6.07, 6.45) is 9.15. The van der Waals surface area contributed by atoms with Gasteiger partial charge in [-0.15, -0.1) is 11.3 Å². The molecule has 0 spiro atoms. The van der Waals surface area contributed by atoms with E-state index in [1.807, 2.05) is 66.2 Å². The number of benzene rings is 1. The maximum Gasteiger partial charge on any atom is 0.151 e. The van der Waals surface area contributed by atoms with Crippen molar-refractivity contribution in [1.29, 1.82) is 0 Å². The Morgan fingerprint density at radius 3 is 2.87 bits per heavy atom. The molecule has 2 N–H and O–H groups in total. The molecule has 0 saturated heterocycles. The molecule has 0 radical (unpaired) electrons. The van der Waals surface area contributed by atoms with Crippen molar-refractivity contribution in [3.63, 3.8) is 0 Å². The third kappa shape index (κ3) is 2.55. The van der Waals surface area contributed by atoms with Gasteiger partial charge in [0.05, 0.1) is 11.4 Å². The monoisotopic (exact) mass is 408 g/mol. The lowest BCUT2D eigenvalue weighted by Gasteiger charge is -2.22. The Balaban J connectivity index is 1.40. The van der Waals surface area contributed by atoms with Crippen LogP contribution >= 0.6 is 11.3 Å². The number of pyridine rings is 2. The van der Waals surface area contributed by atoms with E-state index in [2.05, 4.69) is 15.0 Å². The second-order valence-electron chi connectivity index (χ2n) is 7.26. The number of H-pyrrole nitrogens is 1. The zero-order valence-electron chi connectivity index (χ0n) is 15.8. The summed E-state index contributed by atoms with van der Waals surface area (Å²) in [6, 6.07) is 15.7. The van der Waals surface area contributed by atoms with Gasteiger partial charge in [0.25, 0.3) is 0 Å². The van der Waals surface area contributed by atoms with Gasteiger partial charge in [0.15, 0.2) is 5.60 Å². The van der Waals surface area contributed by atoms with Crippen molar-refractivity contribution in [2.24, 2.45) is 0 Å². The van der Waals surface area contributed by atoms with Crippen molar-refractivity contribution in [3.05, 3.63) is 95.4 Å². The highest BCUT2D eigenvalue weighted by atomic mass is 32.1. The molecule has 1 aliphatic carbocycles. The summed E-state index contributed by atoms with van der Waals surface area (Å²) < 4.78 is 0. The van der Waals surface area contributed by atoms with Crippen LogP contribution in [-0.4, -0.2) is 25.0 Å². The van der Waals surface area contributed by atoms with Crippen LogP contribution in [0.4, 0.5) is 0 Å². The van der Waals surface area contributed by atoms with Gasteiger partial charge in [0.2, 0.25) is 0 Å². The van der Waals surface area contributed by atoms with E-state index in [0.29, 0.717) is 5.69 Å². The molecule has 5 nitrogen and oxygen atoms in total. The SMILES string of the molecule is O[C@]1(c2cccc(-c3csc(-c4c[nH]c5ncccc45)n3)c2)C=Cc2cccnc21. The van der Waals surface area contributed by atoms with Crippen LogP contribution in [0.2, 0.25) is 0 Å². The largest absolute Gasteiger partial charge is 0.375 e. The number of aromatic amines is 1. The molecule has 144 valence electrons. The summed E-state index contributed by atoms with van der Waals surface area (Å²) in [6.45, 7) is 0. The van der Waals surface area contributed by atoms with Gasteiger partial charge in [-0.05, 0) is 41.5 Å². The molecule has 4 aromatic heterocycles. The highest BCUT2D eigenvalue weighted by molar-refractivity contribution is 7.13. The van der Waals surface area contributed by atoms with Crippen molar-refractivity contribution in [1.82, 2.24) is 19.9 Å². The maximum absolute atomic E-state index is 11.4. The van der Waals surface area contributed by atoms with E-state index in [4.69, 9.17) is 4.98 Å². The van der Waals surface area contributed by atoms with Gasteiger partial charge in [-0.2, -0.15) is 0 Å². The third-order valence-corrected chi connectivity index (χ3v) is 6.36. The van der Waals surface area contributed by atoms with Crippen LogP contribution in [-0.2, 0) is 5.60 Å². The summed E-state index contributed by atoms with van der Waals surface area (Å²) in [4.78, 5) is 16.8. The predicted octanol–water partition coefficient (Wildman–Crippen LogP) is 5.01. The van der Waals surface area contributed by atoms with Crippen molar-refractivity contribution in [3.8, 4) is 21.8 Å². The third-order valence-electron chi connectivity index (χ3n) is 5.49. The number of nitrogens with zero attached hydrogens (tertiary/aromatic N) is 3. The van der Waals surface area contributed by atoms with Gasteiger partial charge in [-0.3, -0.25) is 4.98 Å². The zero-order chi connectivity index (χ0) is 20.1. The molecular weight excluding hydrogens is 392 g/mol. The zero-order valence-corrected chi connectivity index (χ0v) is 16.6. The lowest BCUT2D eigenvalue weighted by molar-refractivity contribution is 0.133. The van der Waals surface area contributed by atoms with Gasteiger partial charge in [0.1, 0.15) is 10.7 Å². The minimum atomic E-state index is -1.23. The Kier molecular flexibility index (Phi) is 3.71. The normalized spacial score (nSPS) is 17.5. The first-order chi connectivity index (χ1) is 14.7. The Morgan fingerprint density at radius 2 is 1.90 bits per heavy atom. The fourth-order valence-electron chi connectivity index (χ4n) is 3.97. The second kappa shape index (κ2) is 6.45. The molecule has 6 heteroatoms. The molecule has 1 aromatic carbocycles. The lowest BCUT2D eigenvalue weighted by Crippen LogP contribution is -2.24. The molecular formula is C24H16N4OS. The molecule has 1 atom stereocenters. The molecule has 1 aliphatic rings. The molecule has 4 heterocycles. The van der Waals surface area contributed by atoms with Crippen LogP contribution in [0.1, 0.15) is 16.8 Å². The first-order valence-corrected chi connectivity index (χ1v) is 10.5.